The van der Waals surface area contributed by atoms with E-state index < -0.39 is 6.10 Å². The number of fused-ring (bicyclic) bond motifs is 1. The summed E-state index contributed by atoms with van der Waals surface area (Å²) in [4.78, 5) is 4.15. The molecular weight excluding hydrogens is 194 g/mol. The SMILES string of the molecule is Cc1nnc2c(NCC(C)O)nccn12. The number of hydrogen-bond donors (Lipinski definition) is 2. The number of hydrogen-bond acceptors (Lipinski definition) is 5. The normalized spacial score (nSPS) is 13.0. The van der Waals surface area contributed by atoms with Gasteiger partial charge in [0.1, 0.15) is 5.82 Å². The largest absolute Gasteiger partial charge is 0.392 e. The molecule has 0 fully saturated rings. The molecule has 0 saturated carbocycles. The quantitative estimate of drug-likeness (QED) is 0.753. The number of aryl methyl sites for hydroxylation is 1. The molecule has 0 radical (unpaired) electrons. The Morgan fingerprint density at radius 1 is 1.53 bits per heavy atom. The number of aromatic nitrogens is 4. The van der Waals surface area contributed by atoms with Gasteiger partial charge in [-0.1, -0.05) is 0 Å². The first-order valence-corrected chi connectivity index (χ1v) is 4.77. The molecule has 0 aliphatic heterocycles. The third kappa shape index (κ3) is 1.89. The van der Waals surface area contributed by atoms with Crippen molar-refractivity contribution in [3.8, 4) is 0 Å². The summed E-state index contributed by atoms with van der Waals surface area (Å²) in [5, 5.41) is 20.1. The van der Waals surface area contributed by atoms with Gasteiger partial charge < -0.3 is 10.4 Å². The highest BCUT2D eigenvalue weighted by atomic mass is 16.3. The molecule has 0 spiro atoms. The van der Waals surface area contributed by atoms with Crippen molar-refractivity contribution in [2.45, 2.75) is 20.0 Å². The molecule has 1 unspecified atom stereocenters. The van der Waals surface area contributed by atoms with E-state index in [1.54, 1.807) is 19.3 Å². The topological polar surface area (TPSA) is 75.3 Å². The molecule has 0 aromatic carbocycles. The summed E-state index contributed by atoms with van der Waals surface area (Å²) in [6.07, 6.45) is 3.06. The van der Waals surface area contributed by atoms with Crippen LogP contribution in [0.1, 0.15) is 12.7 Å². The maximum Gasteiger partial charge on any atom is 0.203 e. The Morgan fingerprint density at radius 3 is 3.07 bits per heavy atom. The van der Waals surface area contributed by atoms with E-state index in [9.17, 15) is 0 Å². The third-order valence-corrected chi connectivity index (χ3v) is 2.06. The zero-order valence-corrected chi connectivity index (χ0v) is 8.68. The van der Waals surface area contributed by atoms with Crippen molar-refractivity contribution in [2.24, 2.45) is 0 Å². The van der Waals surface area contributed by atoms with Gasteiger partial charge in [-0.05, 0) is 13.8 Å². The van der Waals surface area contributed by atoms with Crippen molar-refractivity contribution in [2.75, 3.05) is 11.9 Å². The Hall–Kier alpha value is -1.69. The number of aliphatic hydroxyl groups excluding tert-OH is 1. The van der Waals surface area contributed by atoms with E-state index in [1.165, 1.54) is 0 Å². The van der Waals surface area contributed by atoms with Crippen molar-refractivity contribution in [1.82, 2.24) is 19.6 Å². The van der Waals surface area contributed by atoms with Crippen LogP contribution in [0.3, 0.4) is 0 Å². The predicted molar refractivity (Wildman–Crippen MR) is 55.7 cm³/mol. The lowest BCUT2D eigenvalue weighted by Crippen LogP contribution is -2.16. The second kappa shape index (κ2) is 3.82. The summed E-state index contributed by atoms with van der Waals surface area (Å²) >= 11 is 0. The average Bonchev–Trinajstić information content (AvgIpc) is 2.58. The lowest BCUT2D eigenvalue weighted by Gasteiger charge is -2.07. The first kappa shape index (κ1) is 9.85. The first-order chi connectivity index (χ1) is 7.18. The minimum absolute atomic E-state index is 0.420. The molecular formula is C9H13N5O. The molecule has 6 heteroatoms. The maximum atomic E-state index is 9.16. The standard InChI is InChI=1S/C9H13N5O/c1-6(15)5-11-8-9-13-12-7(2)14(9)4-3-10-8/h3-4,6,15H,5H2,1-2H3,(H,10,11). The second-order valence-corrected chi connectivity index (χ2v) is 3.45. The number of rotatable bonds is 3. The number of aliphatic hydroxyl groups is 1. The highest BCUT2D eigenvalue weighted by Gasteiger charge is 2.07. The molecule has 2 heterocycles. The van der Waals surface area contributed by atoms with Crippen LogP contribution < -0.4 is 5.32 Å². The predicted octanol–water partition coefficient (Wildman–Crippen LogP) is 0.225. The monoisotopic (exact) mass is 207 g/mol. The Kier molecular flexibility index (Phi) is 2.51. The van der Waals surface area contributed by atoms with E-state index in [0.29, 0.717) is 18.0 Å². The number of nitrogens with one attached hydrogen (secondary N) is 1. The van der Waals surface area contributed by atoms with Crippen LogP contribution in [0, 0.1) is 6.92 Å². The third-order valence-electron chi connectivity index (χ3n) is 2.06. The highest BCUT2D eigenvalue weighted by molar-refractivity contribution is 5.61. The van der Waals surface area contributed by atoms with Gasteiger partial charge in [-0.25, -0.2) is 4.98 Å². The first-order valence-electron chi connectivity index (χ1n) is 4.77. The molecule has 2 aromatic heterocycles. The summed E-state index contributed by atoms with van der Waals surface area (Å²) in [6.45, 7) is 4.03. The molecule has 80 valence electrons. The summed E-state index contributed by atoms with van der Waals surface area (Å²) in [7, 11) is 0. The molecule has 0 bridgehead atoms. The van der Waals surface area contributed by atoms with Crippen LogP contribution in [0.2, 0.25) is 0 Å². The van der Waals surface area contributed by atoms with E-state index in [0.717, 1.165) is 5.82 Å². The molecule has 15 heavy (non-hydrogen) atoms. The molecule has 0 saturated heterocycles. The van der Waals surface area contributed by atoms with Crippen LogP contribution in [0.15, 0.2) is 12.4 Å². The highest BCUT2D eigenvalue weighted by Crippen LogP contribution is 2.11. The van der Waals surface area contributed by atoms with E-state index in [-0.39, 0.29) is 0 Å². The van der Waals surface area contributed by atoms with Crippen LogP contribution in [-0.4, -0.2) is 37.3 Å². The number of nitrogens with zero attached hydrogens (tertiary/aromatic N) is 4. The van der Waals surface area contributed by atoms with Crippen molar-refractivity contribution in [1.29, 1.82) is 0 Å². The maximum absolute atomic E-state index is 9.16. The summed E-state index contributed by atoms with van der Waals surface area (Å²) in [5.74, 6) is 1.45. The van der Waals surface area contributed by atoms with Gasteiger partial charge in [0.15, 0.2) is 5.82 Å². The van der Waals surface area contributed by atoms with Crippen LogP contribution >= 0.6 is 0 Å². The number of anilines is 1. The van der Waals surface area contributed by atoms with Crippen molar-refractivity contribution in [3.05, 3.63) is 18.2 Å². The summed E-state index contributed by atoms with van der Waals surface area (Å²) < 4.78 is 1.84. The smallest absolute Gasteiger partial charge is 0.203 e. The van der Waals surface area contributed by atoms with E-state index in [1.807, 2.05) is 11.3 Å². The minimum Gasteiger partial charge on any atom is -0.392 e. The van der Waals surface area contributed by atoms with Crippen molar-refractivity contribution >= 4 is 11.5 Å². The fourth-order valence-corrected chi connectivity index (χ4v) is 1.31. The lowest BCUT2D eigenvalue weighted by molar-refractivity contribution is 0.208. The van der Waals surface area contributed by atoms with Gasteiger partial charge in [-0.2, -0.15) is 0 Å². The Bertz CT molecular complexity index is 464. The minimum atomic E-state index is -0.420. The van der Waals surface area contributed by atoms with Crippen LogP contribution in [-0.2, 0) is 0 Å². The van der Waals surface area contributed by atoms with Crippen LogP contribution in [0.25, 0.3) is 5.65 Å². The van der Waals surface area contributed by atoms with Gasteiger partial charge in [0.25, 0.3) is 0 Å². The lowest BCUT2D eigenvalue weighted by atomic mass is 10.4. The molecule has 2 aromatic rings. The fourth-order valence-electron chi connectivity index (χ4n) is 1.31. The second-order valence-electron chi connectivity index (χ2n) is 3.45. The van der Waals surface area contributed by atoms with Crippen LogP contribution in [0.5, 0.6) is 0 Å². The van der Waals surface area contributed by atoms with Gasteiger partial charge >= 0.3 is 0 Å². The zero-order valence-electron chi connectivity index (χ0n) is 8.68. The van der Waals surface area contributed by atoms with Crippen molar-refractivity contribution in [3.63, 3.8) is 0 Å². The van der Waals surface area contributed by atoms with Gasteiger partial charge in [0.05, 0.1) is 6.10 Å². The summed E-state index contributed by atoms with van der Waals surface area (Å²) in [5.41, 5.74) is 0.677. The van der Waals surface area contributed by atoms with Gasteiger partial charge in [-0.15, -0.1) is 10.2 Å². The molecule has 6 nitrogen and oxygen atoms in total. The van der Waals surface area contributed by atoms with Crippen LogP contribution in [0.4, 0.5) is 5.82 Å². The summed E-state index contributed by atoms with van der Waals surface area (Å²) in [6, 6.07) is 0. The molecule has 1 atom stereocenters. The average molecular weight is 207 g/mol. The van der Waals surface area contributed by atoms with E-state index in [4.69, 9.17) is 5.11 Å². The Morgan fingerprint density at radius 2 is 2.33 bits per heavy atom. The molecule has 0 aliphatic rings. The Labute approximate surface area is 87.0 Å². The van der Waals surface area contributed by atoms with E-state index in [2.05, 4.69) is 20.5 Å². The van der Waals surface area contributed by atoms with Gasteiger partial charge in [0.2, 0.25) is 5.65 Å². The fraction of sp³-hybridized carbons (Fsp3) is 0.444. The van der Waals surface area contributed by atoms with Gasteiger partial charge in [-0.3, -0.25) is 4.40 Å². The molecule has 2 rings (SSSR count). The molecule has 0 aliphatic carbocycles. The van der Waals surface area contributed by atoms with E-state index >= 15 is 0 Å². The van der Waals surface area contributed by atoms with Crippen molar-refractivity contribution < 1.29 is 5.11 Å². The van der Waals surface area contributed by atoms with Gasteiger partial charge in [0, 0.05) is 18.9 Å². The zero-order chi connectivity index (χ0) is 10.8. The Balaban J connectivity index is 2.34. The molecule has 2 N–H and O–H groups in total. The molecule has 0 amide bonds.